The number of hydrogen-bond acceptors (Lipinski definition) is 6. The van der Waals surface area contributed by atoms with Crippen molar-refractivity contribution in [2.24, 2.45) is 5.14 Å². The standard InChI is InChI=1S/C15H12ClN3O3S3/c16-9-4-5-13-12(6-9)19-15(24-13)23-8-14(20)18-10-2-1-3-11(7-10)25(17,21)22/h1-7H,8H2,(H,18,20)(H2,17,21,22). The summed E-state index contributed by atoms with van der Waals surface area (Å²) in [5.41, 5.74) is 1.16. The number of sulfonamides is 1. The molecule has 0 fully saturated rings. The van der Waals surface area contributed by atoms with Gasteiger partial charge in [-0.2, -0.15) is 0 Å². The van der Waals surface area contributed by atoms with E-state index >= 15 is 0 Å². The van der Waals surface area contributed by atoms with Crippen LogP contribution in [0.15, 0.2) is 51.7 Å². The first-order valence-corrected chi connectivity index (χ1v) is 10.7. The van der Waals surface area contributed by atoms with Crippen LogP contribution < -0.4 is 10.5 Å². The number of hydrogen-bond donors (Lipinski definition) is 2. The van der Waals surface area contributed by atoms with Crippen molar-refractivity contribution in [2.75, 3.05) is 11.1 Å². The minimum atomic E-state index is -3.81. The number of carbonyl (C=O) groups is 1. The lowest BCUT2D eigenvalue weighted by Crippen LogP contribution is -2.16. The molecule has 0 radical (unpaired) electrons. The van der Waals surface area contributed by atoms with Crippen LogP contribution in [0.3, 0.4) is 0 Å². The molecule has 0 aliphatic carbocycles. The van der Waals surface area contributed by atoms with Crippen molar-refractivity contribution in [2.45, 2.75) is 9.24 Å². The highest BCUT2D eigenvalue weighted by molar-refractivity contribution is 8.01. The van der Waals surface area contributed by atoms with E-state index in [2.05, 4.69) is 10.3 Å². The number of halogens is 1. The second-order valence-corrected chi connectivity index (χ2v) is 9.25. The predicted octanol–water partition coefficient (Wildman–Crippen LogP) is 3.33. The molecule has 0 bridgehead atoms. The largest absolute Gasteiger partial charge is 0.325 e. The highest BCUT2D eigenvalue weighted by atomic mass is 35.5. The maximum atomic E-state index is 12.1. The van der Waals surface area contributed by atoms with E-state index in [1.165, 1.54) is 41.3 Å². The summed E-state index contributed by atoms with van der Waals surface area (Å²) in [5.74, 6) is -0.124. The van der Waals surface area contributed by atoms with Gasteiger partial charge in [0.05, 0.1) is 20.9 Å². The van der Waals surface area contributed by atoms with Crippen LogP contribution in [-0.2, 0) is 14.8 Å². The summed E-state index contributed by atoms with van der Waals surface area (Å²) in [4.78, 5) is 16.4. The van der Waals surface area contributed by atoms with E-state index in [0.29, 0.717) is 10.7 Å². The number of nitrogens with one attached hydrogen (secondary N) is 1. The highest BCUT2D eigenvalue weighted by Gasteiger charge is 2.11. The van der Waals surface area contributed by atoms with E-state index < -0.39 is 10.0 Å². The third-order valence-corrected chi connectivity index (χ3v) is 6.43. The molecule has 0 saturated carbocycles. The molecule has 6 nitrogen and oxygen atoms in total. The number of anilines is 1. The van der Waals surface area contributed by atoms with E-state index in [1.54, 1.807) is 18.2 Å². The zero-order chi connectivity index (χ0) is 18.0. The Labute approximate surface area is 157 Å². The number of carbonyl (C=O) groups excluding carboxylic acids is 1. The van der Waals surface area contributed by atoms with E-state index in [4.69, 9.17) is 16.7 Å². The van der Waals surface area contributed by atoms with Crippen molar-refractivity contribution >= 4 is 66.5 Å². The van der Waals surface area contributed by atoms with Gasteiger partial charge in [-0.3, -0.25) is 4.79 Å². The average Bonchev–Trinajstić information content (AvgIpc) is 2.94. The van der Waals surface area contributed by atoms with Crippen LogP contribution in [0.5, 0.6) is 0 Å². The van der Waals surface area contributed by atoms with Gasteiger partial charge in [-0.1, -0.05) is 29.4 Å². The van der Waals surface area contributed by atoms with Crippen molar-refractivity contribution in [3.8, 4) is 0 Å². The Morgan fingerprint density at radius 1 is 1.28 bits per heavy atom. The number of amides is 1. The minimum absolute atomic E-state index is 0.0546. The fourth-order valence-electron chi connectivity index (χ4n) is 2.02. The van der Waals surface area contributed by atoms with Crippen LogP contribution in [0.1, 0.15) is 0 Å². The molecule has 0 aliphatic heterocycles. The van der Waals surface area contributed by atoms with Crippen LogP contribution in [-0.4, -0.2) is 25.1 Å². The Balaban J connectivity index is 1.64. The number of thioether (sulfide) groups is 1. The van der Waals surface area contributed by atoms with Crippen molar-refractivity contribution in [1.29, 1.82) is 0 Å². The molecule has 130 valence electrons. The molecular formula is C15H12ClN3O3S3. The van der Waals surface area contributed by atoms with E-state index in [0.717, 1.165) is 14.6 Å². The van der Waals surface area contributed by atoms with Crippen LogP contribution in [0.25, 0.3) is 10.2 Å². The molecule has 3 N–H and O–H groups in total. The van der Waals surface area contributed by atoms with Crippen molar-refractivity contribution < 1.29 is 13.2 Å². The van der Waals surface area contributed by atoms with Gasteiger partial charge in [0.2, 0.25) is 15.9 Å². The molecule has 3 aromatic rings. The quantitative estimate of drug-likeness (QED) is 0.624. The third-order valence-electron chi connectivity index (χ3n) is 3.10. The number of nitrogens with zero attached hydrogens (tertiary/aromatic N) is 1. The highest BCUT2D eigenvalue weighted by Crippen LogP contribution is 2.31. The predicted molar refractivity (Wildman–Crippen MR) is 102 cm³/mol. The normalized spacial score (nSPS) is 11.6. The molecule has 0 aliphatic rings. The van der Waals surface area contributed by atoms with Gasteiger partial charge in [0, 0.05) is 10.7 Å². The van der Waals surface area contributed by atoms with Crippen LogP contribution in [0.4, 0.5) is 5.69 Å². The Morgan fingerprint density at radius 3 is 2.84 bits per heavy atom. The molecular weight excluding hydrogens is 402 g/mol. The number of thiazole rings is 1. The summed E-state index contributed by atoms with van der Waals surface area (Å²) in [6, 6.07) is 11.2. The Kier molecular flexibility index (Phi) is 5.30. The minimum Gasteiger partial charge on any atom is -0.325 e. The summed E-state index contributed by atoms with van der Waals surface area (Å²) >= 11 is 8.71. The number of primary sulfonamides is 1. The van der Waals surface area contributed by atoms with Gasteiger partial charge in [-0.25, -0.2) is 18.5 Å². The first-order chi connectivity index (χ1) is 11.8. The zero-order valence-electron chi connectivity index (χ0n) is 12.6. The Bertz CT molecular complexity index is 1050. The molecule has 3 rings (SSSR count). The number of benzene rings is 2. The summed E-state index contributed by atoms with van der Waals surface area (Å²) in [5, 5.41) is 8.33. The first kappa shape index (κ1) is 18.2. The molecule has 25 heavy (non-hydrogen) atoms. The van der Waals surface area contributed by atoms with Crippen LogP contribution in [0, 0.1) is 0 Å². The van der Waals surface area contributed by atoms with Gasteiger partial charge >= 0.3 is 0 Å². The van der Waals surface area contributed by atoms with Gasteiger partial charge in [0.25, 0.3) is 0 Å². The molecule has 2 aromatic carbocycles. The van der Waals surface area contributed by atoms with Gasteiger partial charge in [-0.05, 0) is 36.4 Å². The van der Waals surface area contributed by atoms with Gasteiger partial charge < -0.3 is 5.32 Å². The van der Waals surface area contributed by atoms with E-state index in [-0.39, 0.29) is 16.6 Å². The maximum Gasteiger partial charge on any atom is 0.238 e. The fourth-order valence-corrected chi connectivity index (χ4v) is 4.59. The second-order valence-electron chi connectivity index (χ2n) is 5.00. The van der Waals surface area contributed by atoms with E-state index in [9.17, 15) is 13.2 Å². The molecule has 1 amide bonds. The van der Waals surface area contributed by atoms with Crippen molar-refractivity contribution in [3.05, 3.63) is 47.5 Å². The van der Waals surface area contributed by atoms with Crippen LogP contribution in [0.2, 0.25) is 5.02 Å². The number of nitrogens with two attached hydrogens (primary N) is 1. The number of aromatic nitrogens is 1. The smallest absolute Gasteiger partial charge is 0.238 e. The first-order valence-electron chi connectivity index (χ1n) is 6.93. The molecule has 1 aromatic heterocycles. The number of fused-ring (bicyclic) bond motifs is 1. The lowest BCUT2D eigenvalue weighted by Gasteiger charge is -2.05. The topological polar surface area (TPSA) is 102 Å². The van der Waals surface area contributed by atoms with Gasteiger partial charge in [-0.15, -0.1) is 11.3 Å². The molecule has 1 heterocycles. The monoisotopic (exact) mass is 413 g/mol. The maximum absolute atomic E-state index is 12.1. The summed E-state index contributed by atoms with van der Waals surface area (Å²) in [6.45, 7) is 0. The SMILES string of the molecule is NS(=O)(=O)c1cccc(NC(=O)CSc2nc3cc(Cl)ccc3s2)c1. The molecule has 0 unspecified atom stereocenters. The van der Waals surface area contributed by atoms with Crippen molar-refractivity contribution in [1.82, 2.24) is 4.98 Å². The Hall–Kier alpha value is -1.65. The molecule has 10 heteroatoms. The third kappa shape index (κ3) is 4.71. The molecule has 0 saturated heterocycles. The fraction of sp³-hybridized carbons (Fsp3) is 0.0667. The summed E-state index contributed by atoms with van der Waals surface area (Å²) in [7, 11) is -3.81. The second kappa shape index (κ2) is 7.30. The lowest BCUT2D eigenvalue weighted by atomic mass is 10.3. The average molecular weight is 414 g/mol. The van der Waals surface area contributed by atoms with E-state index in [1.807, 2.05) is 6.07 Å². The summed E-state index contributed by atoms with van der Waals surface area (Å²) < 4.78 is 24.4. The van der Waals surface area contributed by atoms with Gasteiger partial charge in [0.15, 0.2) is 4.34 Å². The van der Waals surface area contributed by atoms with Crippen molar-refractivity contribution in [3.63, 3.8) is 0 Å². The van der Waals surface area contributed by atoms with Gasteiger partial charge in [0.1, 0.15) is 0 Å². The van der Waals surface area contributed by atoms with Crippen LogP contribution >= 0.6 is 34.7 Å². The zero-order valence-corrected chi connectivity index (χ0v) is 15.8. The molecule has 0 spiro atoms. The summed E-state index contributed by atoms with van der Waals surface area (Å²) in [6.07, 6.45) is 0. The molecule has 0 atom stereocenters. The lowest BCUT2D eigenvalue weighted by molar-refractivity contribution is -0.113. The Morgan fingerprint density at radius 2 is 2.08 bits per heavy atom. The number of rotatable bonds is 5.